The number of ether oxygens (including phenoxy) is 2. The van der Waals surface area contributed by atoms with E-state index in [0.717, 1.165) is 37.8 Å². The molecule has 0 radical (unpaired) electrons. The van der Waals surface area contributed by atoms with Crippen LogP contribution in [0.3, 0.4) is 0 Å². The van der Waals surface area contributed by atoms with E-state index in [0.29, 0.717) is 22.8 Å². The number of carbonyl (C=O) groups is 1. The lowest BCUT2D eigenvalue weighted by atomic mass is 9.83. The fourth-order valence-corrected chi connectivity index (χ4v) is 3.28. The van der Waals surface area contributed by atoms with Crippen molar-refractivity contribution in [1.29, 1.82) is 0 Å². The molecule has 0 saturated heterocycles. The molecule has 0 spiro atoms. The molecule has 0 amide bonds. The molecule has 1 saturated carbocycles. The molecule has 0 N–H and O–H groups in total. The molecule has 0 atom stereocenters. The summed E-state index contributed by atoms with van der Waals surface area (Å²) in [6.07, 6.45) is 3.78. The number of benzene rings is 2. The first kappa shape index (κ1) is 19.3. The lowest BCUT2D eigenvalue weighted by molar-refractivity contribution is -0.140. The van der Waals surface area contributed by atoms with Gasteiger partial charge in [-0.1, -0.05) is 25.1 Å². The number of carbonyl (C=O) groups excluding carboxylic acids is 1. The van der Waals surface area contributed by atoms with Crippen LogP contribution in [-0.4, -0.2) is 12.6 Å². The van der Waals surface area contributed by atoms with Crippen LogP contribution in [0.2, 0.25) is 0 Å². The maximum absolute atomic E-state index is 13.9. The third kappa shape index (κ3) is 5.02. The summed E-state index contributed by atoms with van der Waals surface area (Å²) in [5.74, 6) is -0.547. The highest BCUT2D eigenvalue weighted by Crippen LogP contribution is 2.31. The van der Waals surface area contributed by atoms with Crippen LogP contribution in [0, 0.1) is 17.7 Å². The standard InChI is InChI=1S/C21H21F3O3/c1-13-2-4-15(5-3-13)20(25)26-17-9-6-14(7-10-17)16-8-11-19(18(22)12-16)27-21(23)24/h6-13,15,21H,2-5H2,1H3/t13-,15-. The fraction of sp³-hybridized carbons (Fsp3) is 0.381. The summed E-state index contributed by atoms with van der Waals surface area (Å²) < 4.78 is 47.8. The predicted molar refractivity (Wildman–Crippen MR) is 95.2 cm³/mol. The van der Waals surface area contributed by atoms with Crippen molar-refractivity contribution >= 4 is 5.97 Å². The molecule has 0 unspecified atom stereocenters. The largest absolute Gasteiger partial charge is 0.432 e. The molecule has 27 heavy (non-hydrogen) atoms. The zero-order valence-corrected chi connectivity index (χ0v) is 15.0. The minimum atomic E-state index is -3.08. The lowest BCUT2D eigenvalue weighted by Gasteiger charge is -2.24. The maximum Gasteiger partial charge on any atom is 0.387 e. The van der Waals surface area contributed by atoms with Gasteiger partial charge in [0.25, 0.3) is 0 Å². The molecule has 3 rings (SSSR count). The Labute approximate surface area is 156 Å². The second-order valence-electron chi connectivity index (χ2n) is 6.93. The highest BCUT2D eigenvalue weighted by molar-refractivity contribution is 5.75. The van der Waals surface area contributed by atoms with Crippen molar-refractivity contribution in [1.82, 2.24) is 0 Å². The van der Waals surface area contributed by atoms with E-state index in [1.165, 1.54) is 6.07 Å². The van der Waals surface area contributed by atoms with Gasteiger partial charge in [0.15, 0.2) is 11.6 Å². The average molecular weight is 378 g/mol. The van der Waals surface area contributed by atoms with Crippen LogP contribution in [0.4, 0.5) is 13.2 Å². The number of alkyl halides is 2. The Morgan fingerprint density at radius 2 is 1.63 bits per heavy atom. The SMILES string of the molecule is C[C@H]1CC[C@H](C(=O)Oc2ccc(-c3ccc(OC(F)F)c(F)c3)cc2)CC1. The van der Waals surface area contributed by atoms with Gasteiger partial charge in [-0.25, -0.2) is 4.39 Å². The van der Waals surface area contributed by atoms with Crippen molar-refractivity contribution in [3.8, 4) is 22.6 Å². The molecule has 144 valence electrons. The summed E-state index contributed by atoms with van der Waals surface area (Å²) in [6.45, 7) is -0.887. The van der Waals surface area contributed by atoms with Gasteiger partial charge in [-0.2, -0.15) is 8.78 Å². The number of hydrogen-bond donors (Lipinski definition) is 0. The van der Waals surface area contributed by atoms with Gasteiger partial charge in [0.1, 0.15) is 5.75 Å². The summed E-state index contributed by atoms with van der Waals surface area (Å²) in [6, 6.07) is 10.4. The van der Waals surface area contributed by atoms with Crippen molar-refractivity contribution in [3.05, 3.63) is 48.3 Å². The van der Waals surface area contributed by atoms with Crippen LogP contribution in [0.1, 0.15) is 32.6 Å². The maximum atomic E-state index is 13.9. The van der Waals surface area contributed by atoms with Gasteiger partial charge in [0, 0.05) is 0 Å². The van der Waals surface area contributed by atoms with E-state index < -0.39 is 18.2 Å². The Balaban J connectivity index is 1.65. The zero-order chi connectivity index (χ0) is 19.4. The Morgan fingerprint density at radius 1 is 1.00 bits per heavy atom. The summed E-state index contributed by atoms with van der Waals surface area (Å²) in [5, 5.41) is 0. The van der Waals surface area contributed by atoms with E-state index in [1.807, 2.05) is 0 Å². The highest BCUT2D eigenvalue weighted by Gasteiger charge is 2.25. The van der Waals surface area contributed by atoms with Crippen molar-refractivity contribution in [3.63, 3.8) is 0 Å². The second kappa shape index (κ2) is 8.46. The Bertz CT molecular complexity index is 782. The molecule has 2 aromatic carbocycles. The molecular formula is C21H21F3O3. The lowest BCUT2D eigenvalue weighted by Crippen LogP contribution is -2.24. The molecule has 6 heteroatoms. The van der Waals surface area contributed by atoms with Crippen LogP contribution in [0.5, 0.6) is 11.5 Å². The molecule has 3 nitrogen and oxygen atoms in total. The Kier molecular flexibility index (Phi) is 6.04. The van der Waals surface area contributed by atoms with Gasteiger partial charge in [-0.05, 0) is 67.0 Å². The van der Waals surface area contributed by atoms with E-state index >= 15 is 0 Å². The summed E-state index contributed by atoms with van der Waals surface area (Å²) in [5.41, 5.74) is 1.18. The first-order valence-electron chi connectivity index (χ1n) is 8.99. The minimum absolute atomic E-state index is 0.0580. The van der Waals surface area contributed by atoms with Gasteiger partial charge < -0.3 is 9.47 Å². The average Bonchev–Trinajstić information content (AvgIpc) is 2.64. The highest BCUT2D eigenvalue weighted by atomic mass is 19.3. The summed E-state index contributed by atoms with van der Waals surface area (Å²) in [4.78, 5) is 12.3. The van der Waals surface area contributed by atoms with Gasteiger partial charge >= 0.3 is 12.6 Å². The Morgan fingerprint density at radius 3 is 2.22 bits per heavy atom. The first-order valence-corrected chi connectivity index (χ1v) is 8.99. The van der Waals surface area contributed by atoms with E-state index in [2.05, 4.69) is 11.7 Å². The molecule has 1 fully saturated rings. The van der Waals surface area contributed by atoms with Crippen LogP contribution >= 0.6 is 0 Å². The quantitative estimate of drug-likeness (QED) is 0.485. The van der Waals surface area contributed by atoms with Gasteiger partial charge in [0.2, 0.25) is 0 Å². The zero-order valence-electron chi connectivity index (χ0n) is 15.0. The van der Waals surface area contributed by atoms with Crippen LogP contribution in [0.25, 0.3) is 11.1 Å². The van der Waals surface area contributed by atoms with Gasteiger partial charge in [-0.15, -0.1) is 0 Å². The number of hydrogen-bond acceptors (Lipinski definition) is 3. The number of halogens is 3. The molecule has 0 bridgehead atoms. The molecule has 2 aromatic rings. The fourth-order valence-electron chi connectivity index (χ4n) is 3.28. The van der Waals surface area contributed by atoms with E-state index in [4.69, 9.17) is 4.74 Å². The van der Waals surface area contributed by atoms with Crippen molar-refractivity contribution in [2.75, 3.05) is 0 Å². The molecule has 1 aliphatic rings. The van der Waals surface area contributed by atoms with E-state index in [9.17, 15) is 18.0 Å². The van der Waals surface area contributed by atoms with Crippen molar-refractivity contribution in [2.45, 2.75) is 39.2 Å². The second-order valence-corrected chi connectivity index (χ2v) is 6.93. The minimum Gasteiger partial charge on any atom is -0.432 e. The predicted octanol–water partition coefficient (Wildman–Crippen LogP) is 5.83. The van der Waals surface area contributed by atoms with E-state index in [1.54, 1.807) is 24.3 Å². The number of rotatable bonds is 5. The molecular weight excluding hydrogens is 357 g/mol. The third-order valence-electron chi connectivity index (χ3n) is 4.90. The number of esters is 1. The topological polar surface area (TPSA) is 35.5 Å². The molecule has 0 aliphatic heterocycles. The third-order valence-corrected chi connectivity index (χ3v) is 4.90. The Hall–Kier alpha value is -2.50. The smallest absolute Gasteiger partial charge is 0.387 e. The van der Waals surface area contributed by atoms with Gasteiger partial charge in [0.05, 0.1) is 5.92 Å². The van der Waals surface area contributed by atoms with Gasteiger partial charge in [-0.3, -0.25) is 4.79 Å². The van der Waals surface area contributed by atoms with Crippen LogP contribution in [0.15, 0.2) is 42.5 Å². The molecule has 0 heterocycles. The monoisotopic (exact) mass is 378 g/mol. The van der Waals surface area contributed by atoms with Crippen molar-refractivity contribution < 1.29 is 27.4 Å². The first-order chi connectivity index (χ1) is 12.9. The van der Waals surface area contributed by atoms with Crippen molar-refractivity contribution in [2.24, 2.45) is 11.8 Å². The summed E-state index contributed by atoms with van der Waals surface area (Å²) >= 11 is 0. The molecule has 0 aromatic heterocycles. The van der Waals surface area contributed by atoms with E-state index in [-0.39, 0.29) is 11.9 Å². The van der Waals surface area contributed by atoms with Crippen LogP contribution < -0.4 is 9.47 Å². The normalized spacial score (nSPS) is 19.7. The summed E-state index contributed by atoms with van der Waals surface area (Å²) in [7, 11) is 0. The molecule has 1 aliphatic carbocycles. The van der Waals surface area contributed by atoms with Crippen LogP contribution in [-0.2, 0) is 4.79 Å².